The number of rotatable bonds is 6. The molecule has 0 saturated carbocycles. The highest BCUT2D eigenvalue weighted by Gasteiger charge is 2.22. The van der Waals surface area contributed by atoms with E-state index in [1.807, 2.05) is 13.8 Å². The zero-order valence-electron chi connectivity index (χ0n) is 10.7. The third kappa shape index (κ3) is 3.33. The summed E-state index contributed by atoms with van der Waals surface area (Å²) in [5.74, 6) is -1.75. The van der Waals surface area contributed by atoms with Crippen molar-refractivity contribution in [2.24, 2.45) is 0 Å². The van der Waals surface area contributed by atoms with Crippen LogP contribution in [0.5, 0.6) is 0 Å². The molecule has 0 atom stereocenters. The van der Waals surface area contributed by atoms with Crippen LogP contribution >= 0.6 is 0 Å². The first-order valence-electron chi connectivity index (χ1n) is 5.60. The fourth-order valence-corrected chi connectivity index (χ4v) is 1.49. The van der Waals surface area contributed by atoms with Gasteiger partial charge in [-0.1, -0.05) is 0 Å². The molecule has 0 aliphatic heterocycles. The number of carbonyl (C=O) groups excluding carboxylic acids is 1. The van der Waals surface area contributed by atoms with Crippen molar-refractivity contribution in [3.63, 3.8) is 0 Å². The van der Waals surface area contributed by atoms with Gasteiger partial charge in [-0.05, 0) is 26.0 Å². The van der Waals surface area contributed by atoms with Gasteiger partial charge in [0.05, 0.1) is 6.61 Å². The third-order valence-corrected chi connectivity index (χ3v) is 2.45. The molecule has 1 rings (SSSR count). The van der Waals surface area contributed by atoms with Crippen molar-refractivity contribution in [1.29, 1.82) is 0 Å². The van der Waals surface area contributed by atoms with Gasteiger partial charge in [0.25, 0.3) is 5.91 Å². The van der Waals surface area contributed by atoms with E-state index in [2.05, 4.69) is 0 Å². The Morgan fingerprint density at radius 2 is 2.00 bits per heavy atom. The Morgan fingerprint density at radius 3 is 2.44 bits per heavy atom. The molecule has 18 heavy (non-hydrogen) atoms. The minimum absolute atomic E-state index is 0.0222. The fourth-order valence-electron chi connectivity index (χ4n) is 1.49. The van der Waals surface area contributed by atoms with Crippen molar-refractivity contribution in [2.45, 2.75) is 19.9 Å². The van der Waals surface area contributed by atoms with Gasteiger partial charge in [-0.3, -0.25) is 4.79 Å². The first kappa shape index (κ1) is 14.2. The molecular weight excluding hydrogens is 238 g/mol. The van der Waals surface area contributed by atoms with Gasteiger partial charge in [-0.2, -0.15) is 0 Å². The van der Waals surface area contributed by atoms with E-state index in [1.54, 1.807) is 12.0 Å². The van der Waals surface area contributed by atoms with Crippen LogP contribution in [-0.2, 0) is 4.74 Å². The summed E-state index contributed by atoms with van der Waals surface area (Å²) in [6.45, 7) is 4.58. The van der Waals surface area contributed by atoms with Gasteiger partial charge in [-0.15, -0.1) is 0 Å². The Kier molecular flexibility index (Phi) is 4.91. The van der Waals surface area contributed by atoms with Crippen LogP contribution in [0.15, 0.2) is 16.5 Å². The largest absolute Gasteiger partial charge is 0.475 e. The van der Waals surface area contributed by atoms with Crippen LogP contribution in [0.25, 0.3) is 0 Å². The maximum absolute atomic E-state index is 12.1. The van der Waals surface area contributed by atoms with Crippen LogP contribution < -0.4 is 0 Å². The highest BCUT2D eigenvalue weighted by atomic mass is 16.5. The van der Waals surface area contributed by atoms with E-state index in [9.17, 15) is 9.59 Å². The molecule has 0 unspecified atom stereocenters. The second-order valence-electron chi connectivity index (χ2n) is 4.05. The van der Waals surface area contributed by atoms with Crippen LogP contribution in [0.4, 0.5) is 0 Å². The average Bonchev–Trinajstić information content (AvgIpc) is 2.78. The molecule has 0 spiro atoms. The van der Waals surface area contributed by atoms with E-state index in [-0.39, 0.29) is 23.5 Å². The molecule has 1 aromatic rings. The number of hydrogen-bond acceptors (Lipinski definition) is 4. The Bertz CT molecular complexity index is 424. The van der Waals surface area contributed by atoms with Crippen molar-refractivity contribution in [1.82, 2.24) is 4.90 Å². The van der Waals surface area contributed by atoms with Gasteiger partial charge in [0, 0.05) is 19.7 Å². The molecule has 100 valence electrons. The quantitative estimate of drug-likeness (QED) is 0.832. The maximum Gasteiger partial charge on any atom is 0.371 e. The van der Waals surface area contributed by atoms with E-state index >= 15 is 0 Å². The first-order valence-corrected chi connectivity index (χ1v) is 5.60. The molecule has 0 aliphatic rings. The number of carboxylic acid groups (broad SMARTS) is 1. The number of nitrogens with zero attached hydrogens (tertiary/aromatic N) is 1. The molecule has 6 nitrogen and oxygen atoms in total. The topological polar surface area (TPSA) is 80.0 Å². The number of ether oxygens (including phenoxy) is 1. The summed E-state index contributed by atoms with van der Waals surface area (Å²) in [6, 6.07) is 2.62. The molecule has 0 fully saturated rings. The van der Waals surface area contributed by atoms with Crippen molar-refractivity contribution in [3.05, 3.63) is 23.7 Å². The standard InChI is InChI=1S/C12H17NO5/c1-8(2)13(6-7-17-3)11(14)9-4-5-10(18-9)12(15)16/h4-5,8H,6-7H2,1-3H3,(H,15,16). The normalized spacial score (nSPS) is 10.7. The second-order valence-corrected chi connectivity index (χ2v) is 4.05. The Morgan fingerprint density at radius 1 is 1.39 bits per heavy atom. The fraction of sp³-hybridized carbons (Fsp3) is 0.500. The lowest BCUT2D eigenvalue weighted by atomic mass is 10.3. The predicted molar refractivity (Wildman–Crippen MR) is 63.7 cm³/mol. The number of hydrogen-bond donors (Lipinski definition) is 1. The van der Waals surface area contributed by atoms with Gasteiger partial charge < -0.3 is 19.2 Å². The number of carbonyl (C=O) groups is 2. The molecular formula is C12H17NO5. The summed E-state index contributed by atoms with van der Waals surface area (Å²) in [6.07, 6.45) is 0. The smallest absolute Gasteiger partial charge is 0.371 e. The van der Waals surface area contributed by atoms with E-state index < -0.39 is 5.97 Å². The van der Waals surface area contributed by atoms with Crippen LogP contribution in [0.3, 0.4) is 0 Å². The van der Waals surface area contributed by atoms with Gasteiger partial charge in [0.15, 0.2) is 5.76 Å². The van der Waals surface area contributed by atoms with Gasteiger partial charge in [-0.25, -0.2) is 4.79 Å². The predicted octanol–water partition coefficient (Wildman–Crippen LogP) is 1.47. The summed E-state index contributed by atoms with van der Waals surface area (Å²) < 4.78 is 9.92. The van der Waals surface area contributed by atoms with Crippen LogP contribution in [0.2, 0.25) is 0 Å². The number of aromatic carboxylic acids is 1. The van der Waals surface area contributed by atoms with Gasteiger partial charge in [0.1, 0.15) is 0 Å². The zero-order chi connectivity index (χ0) is 13.7. The summed E-state index contributed by atoms with van der Waals surface area (Å²) in [5.41, 5.74) is 0. The minimum Gasteiger partial charge on any atom is -0.475 e. The first-order chi connectivity index (χ1) is 8.47. The Balaban J connectivity index is 2.84. The van der Waals surface area contributed by atoms with E-state index in [1.165, 1.54) is 12.1 Å². The number of methoxy groups -OCH3 is 1. The molecule has 0 aromatic carbocycles. The monoisotopic (exact) mass is 255 g/mol. The van der Waals surface area contributed by atoms with Crippen molar-refractivity contribution >= 4 is 11.9 Å². The average molecular weight is 255 g/mol. The number of furan rings is 1. The van der Waals surface area contributed by atoms with Crippen LogP contribution in [0.1, 0.15) is 35.0 Å². The maximum atomic E-state index is 12.1. The number of amides is 1. The van der Waals surface area contributed by atoms with Gasteiger partial charge >= 0.3 is 5.97 Å². The molecule has 0 saturated heterocycles. The van der Waals surface area contributed by atoms with Crippen LogP contribution in [-0.4, -0.2) is 48.2 Å². The lowest BCUT2D eigenvalue weighted by molar-refractivity contribution is 0.0590. The third-order valence-electron chi connectivity index (χ3n) is 2.45. The molecule has 0 bridgehead atoms. The van der Waals surface area contributed by atoms with E-state index in [0.29, 0.717) is 13.2 Å². The van der Waals surface area contributed by atoms with Crippen molar-refractivity contribution in [3.8, 4) is 0 Å². The lowest BCUT2D eigenvalue weighted by Crippen LogP contribution is -2.39. The molecule has 1 heterocycles. The minimum atomic E-state index is -1.19. The van der Waals surface area contributed by atoms with Crippen molar-refractivity contribution < 1.29 is 23.8 Å². The molecule has 0 radical (unpaired) electrons. The summed E-state index contributed by atoms with van der Waals surface area (Å²) in [4.78, 5) is 24.3. The molecule has 1 N–H and O–H groups in total. The highest BCUT2D eigenvalue weighted by molar-refractivity contribution is 5.93. The van der Waals surface area contributed by atoms with E-state index in [4.69, 9.17) is 14.3 Å². The lowest BCUT2D eigenvalue weighted by Gasteiger charge is -2.25. The van der Waals surface area contributed by atoms with E-state index in [0.717, 1.165) is 0 Å². The Hall–Kier alpha value is -1.82. The second kappa shape index (κ2) is 6.20. The van der Waals surface area contributed by atoms with Gasteiger partial charge in [0.2, 0.25) is 5.76 Å². The summed E-state index contributed by atoms with van der Waals surface area (Å²) >= 11 is 0. The SMILES string of the molecule is COCCN(C(=O)c1ccc(C(=O)O)o1)C(C)C. The van der Waals surface area contributed by atoms with Crippen LogP contribution in [0, 0.1) is 0 Å². The Labute approximate surface area is 105 Å². The molecule has 1 aromatic heterocycles. The number of carboxylic acids is 1. The summed E-state index contributed by atoms with van der Waals surface area (Å²) in [7, 11) is 1.55. The molecule has 0 aliphatic carbocycles. The highest BCUT2D eigenvalue weighted by Crippen LogP contribution is 2.12. The van der Waals surface area contributed by atoms with Crippen molar-refractivity contribution in [2.75, 3.05) is 20.3 Å². The molecule has 6 heteroatoms. The molecule has 1 amide bonds. The zero-order valence-corrected chi connectivity index (χ0v) is 10.7. The summed E-state index contributed by atoms with van der Waals surface area (Å²) in [5, 5.41) is 8.73.